The molecule has 0 heterocycles. The van der Waals surface area contributed by atoms with E-state index in [1.54, 1.807) is 12.1 Å². The molecule has 1 atom stereocenters. The maximum Gasteiger partial charge on any atom is 0.339 e. The summed E-state index contributed by atoms with van der Waals surface area (Å²) in [5.74, 6) is -1.25. The SMILES string of the molecule is COC(=O)C(C)(O)CNc1c(F)cccc1Br. The normalized spacial score (nSPS) is 13.9. The second-order valence-electron chi connectivity index (χ2n) is 3.72. The van der Waals surface area contributed by atoms with Crippen molar-refractivity contribution in [1.29, 1.82) is 0 Å². The van der Waals surface area contributed by atoms with Crippen molar-refractivity contribution < 1.29 is 19.0 Å². The molecule has 0 aliphatic carbocycles. The molecular weight excluding hydrogens is 293 g/mol. The molecule has 94 valence electrons. The third-order valence-electron chi connectivity index (χ3n) is 2.20. The summed E-state index contributed by atoms with van der Waals surface area (Å²) in [6, 6.07) is 4.47. The molecule has 0 saturated carbocycles. The number of para-hydroxylation sites is 1. The van der Waals surface area contributed by atoms with Crippen LogP contribution >= 0.6 is 15.9 Å². The Bertz CT molecular complexity index is 403. The number of halogens is 2. The minimum Gasteiger partial charge on any atom is -0.467 e. The molecule has 0 amide bonds. The van der Waals surface area contributed by atoms with Crippen LogP contribution in [0, 0.1) is 5.82 Å². The van der Waals surface area contributed by atoms with Gasteiger partial charge in [0.15, 0.2) is 5.60 Å². The van der Waals surface area contributed by atoms with E-state index < -0.39 is 17.4 Å². The zero-order valence-electron chi connectivity index (χ0n) is 9.46. The van der Waals surface area contributed by atoms with E-state index in [2.05, 4.69) is 26.0 Å². The largest absolute Gasteiger partial charge is 0.467 e. The first kappa shape index (κ1) is 13.9. The summed E-state index contributed by atoms with van der Waals surface area (Å²) in [5, 5.41) is 12.4. The number of methoxy groups -OCH3 is 1. The Kier molecular flexibility index (Phi) is 4.47. The smallest absolute Gasteiger partial charge is 0.339 e. The van der Waals surface area contributed by atoms with E-state index in [0.29, 0.717) is 4.47 Å². The number of benzene rings is 1. The molecule has 4 nitrogen and oxygen atoms in total. The average molecular weight is 306 g/mol. The predicted molar refractivity (Wildman–Crippen MR) is 65.2 cm³/mol. The van der Waals surface area contributed by atoms with Gasteiger partial charge in [-0.05, 0) is 35.0 Å². The highest BCUT2D eigenvalue weighted by molar-refractivity contribution is 9.10. The minimum absolute atomic E-state index is 0.154. The Morgan fingerprint density at radius 1 is 1.65 bits per heavy atom. The quantitative estimate of drug-likeness (QED) is 0.835. The van der Waals surface area contributed by atoms with Crippen molar-refractivity contribution in [2.24, 2.45) is 0 Å². The fraction of sp³-hybridized carbons (Fsp3) is 0.364. The van der Waals surface area contributed by atoms with Gasteiger partial charge in [-0.25, -0.2) is 9.18 Å². The van der Waals surface area contributed by atoms with Gasteiger partial charge in [0.25, 0.3) is 0 Å². The molecule has 0 saturated heterocycles. The van der Waals surface area contributed by atoms with Crippen molar-refractivity contribution in [3.05, 3.63) is 28.5 Å². The molecule has 0 bridgehead atoms. The lowest BCUT2D eigenvalue weighted by Crippen LogP contribution is -2.43. The summed E-state index contributed by atoms with van der Waals surface area (Å²) in [4.78, 5) is 11.2. The lowest BCUT2D eigenvalue weighted by molar-refractivity contribution is -0.158. The van der Waals surface area contributed by atoms with Crippen molar-refractivity contribution in [1.82, 2.24) is 0 Å². The van der Waals surface area contributed by atoms with Crippen LogP contribution in [0.15, 0.2) is 22.7 Å². The number of hydrogen-bond acceptors (Lipinski definition) is 4. The number of aliphatic hydroxyl groups is 1. The molecule has 0 aliphatic heterocycles. The molecule has 0 aromatic heterocycles. The minimum atomic E-state index is -1.71. The second-order valence-corrected chi connectivity index (χ2v) is 4.57. The third kappa shape index (κ3) is 3.41. The highest BCUT2D eigenvalue weighted by Gasteiger charge is 2.31. The maximum absolute atomic E-state index is 13.4. The summed E-state index contributed by atoms with van der Waals surface area (Å²) >= 11 is 3.17. The Balaban J connectivity index is 2.77. The van der Waals surface area contributed by atoms with E-state index in [4.69, 9.17) is 0 Å². The topological polar surface area (TPSA) is 58.6 Å². The van der Waals surface area contributed by atoms with E-state index in [0.717, 1.165) is 0 Å². The highest BCUT2D eigenvalue weighted by Crippen LogP contribution is 2.25. The standard InChI is InChI=1S/C11H13BrFNO3/c1-11(16,10(15)17-2)6-14-9-7(12)4-3-5-8(9)13/h3-5,14,16H,6H2,1-2H3. The van der Waals surface area contributed by atoms with Crippen LogP contribution in [0.1, 0.15) is 6.92 Å². The molecule has 17 heavy (non-hydrogen) atoms. The predicted octanol–water partition coefficient (Wildman–Crippen LogP) is 1.92. The Morgan fingerprint density at radius 3 is 2.82 bits per heavy atom. The van der Waals surface area contributed by atoms with Gasteiger partial charge >= 0.3 is 5.97 Å². The number of ether oxygens (including phenoxy) is 1. The van der Waals surface area contributed by atoms with Crippen molar-refractivity contribution in [3.8, 4) is 0 Å². The molecule has 1 rings (SSSR count). The van der Waals surface area contributed by atoms with Gasteiger partial charge in [0.1, 0.15) is 5.82 Å². The first-order valence-corrected chi connectivity index (χ1v) is 5.66. The molecule has 0 radical (unpaired) electrons. The third-order valence-corrected chi connectivity index (χ3v) is 2.86. The molecule has 0 fully saturated rings. The summed E-state index contributed by atoms with van der Waals surface area (Å²) < 4.78 is 18.4. The number of nitrogens with one attached hydrogen (secondary N) is 1. The fourth-order valence-electron chi connectivity index (χ4n) is 1.22. The maximum atomic E-state index is 13.4. The second kappa shape index (κ2) is 5.46. The Morgan fingerprint density at radius 2 is 2.29 bits per heavy atom. The number of hydrogen-bond donors (Lipinski definition) is 2. The van der Waals surface area contributed by atoms with Crippen molar-refractivity contribution in [2.75, 3.05) is 19.0 Å². The van der Waals surface area contributed by atoms with Gasteiger partial charge < -0.3 is 15.2 Å². The first-order valence-electron chi connectivity index (χ1n) is 4.87. The summed E-state index contributed by atoms with van der Waals surface area (Å²) in [5.41, 5.74) is -1.52. The fourth-order valence-corrected chi connectivity index (χ4v) is 1.70. The number of rotatable bonds is 4. The first-order chi connectivity index (χ1) is 7.88. The van der Waals surface area contributed by atoms with Gasteiger partial charge in [-0.15, -0.1) is 0 Å². The summed E-state index contributed by atoms with van der Waals surface area (Å²) in [6.07, 6.45) is 0. The van der Waals surface area contributed by atoms with Crippen LogP contribution in [0.25, 0.3) is 0 Å². The van der Waals surface area contributed by atoms with Gasteiger partial charge in [-0.2, -0.15) is 0 Å². The molecule has 6 heteroatoms. The van der Waals surface area contributed by atoms with Crippen LogP contribution in [0.3, 0.4) is 0 Å². The van der Waals surface area contributed by atoms with E-state index in [-0.39, 0.29) is 12.2 Å². The molecule has 1 aromatic carbocycles. The molecular formula is C11H13BrFNO3. The summed E-state index contributed by atoms with van der Waals surface area (Å²) in [6.45, 7) is 1.14. The number of carbonyl (C=O) groups is 1. The Labute approximate surface area is 107 Å². The van der Waals surface area contributed by atoms with Gasteiger partial charge in [0.05, 0.1) is 19.3 Å². The lowest BCUT2D eigenvalue weighted by atomic mass is 10.1. The Hall–Kier alpha value is -1.14. The van der Waals surface area contributed by atoms with Crippen LogP contribution < -0.4 is 5.32 Å². The van der Waals surface area contributed by atoms with E-state index in [9.17, 15) is 14.3 Å². The van der Waals surface area contributed by atoms with Crippen LogP contribution in [0.4, 0.5) is 10.1 Å². The summed E-state index contributed by atoms with van der Waals surface area (Å²) in [7, 11) is 1.18. The molecule has 0 aliphatic rings. The zero-order chi connectivity index (χ0) is 13.1. The number of anilines is 1. The number of carbonyl (C=O) groups excluding carboxylic acids is 1. The van der Waals surface area contributed by atoms with Crippen molar-refractivity contribution in [3.63, 3.8) is 0 Å². The van der Waals surface area contributed by atoms with E-state index in [1.165, 1.54) is 20.1 Å². The van der Waals surface area contributed by atoms with Crippen LogP contribution in [-0.4, -0.2) is 30.3 Å². The molecule has 2 N–H and O–H groups in total. The van der Waals surface area contributed by atoms with Crippen LogP contribution in [0.2, 0.25) is 0 Å². The monoisotopic (exact) mass is 305 g/mol. The zero-order valence-corrected chi connectivity index (χ0v) is 11.0. The van der Waals surface area contributed by atoms with Crippen LogP contribution in [-0.2, 0) is 9.53 Å². The highest BCUT2D eigenvalue weighted by atomic mass is 79.9. The van der Waals surface area contributed by atoms with Gasteiger partial charge in [0, 0.05) is 4.47 Å². The average Bonchev–Trinajstić information content (AvgIpc) is 2.27. The van der Waals surface area contributed by atoms with Gasteiger partial charge in [-0.1, -0.05) is 6.07 Å². The lowest BCUT2D eigenvalue weighted by Gasteiger charge is -2.21. The van der Waals surface area contributed by atoms with Gasteiger partial charge in [0.2, 0.25) is 0 Å². The molecule has 0 spiro atoms. The van der Waals surface area contributed by atoms with Crippen molar-refractivity contribution >= 4 is 27.6 Å². The molecule has 1 aromatic rings. The van der Waals surface area contributed by atoms with Crippen molar-refractivity contribution in [2.45, 2.75) is 12.5 Å². The van der Waals surface area contributed by atoms with Gasteiger partial charge in [-0.3, -0.25) is 0 Å². The van der Waals surface area contributed by atoms with E-state index in [1.807, 2.05) is 0 Å². The number of esters is 1. The molecule has 1 unspecified atom stereocenters. The van der Waals surface area contributed by atoms with Crippen LogP contribution in [0.5, 0.6) is 0 Å². The van der Waals surface area contributed by atoms with E-state index >= 15 is 0 Å².